The smallest absolute Gasteiger partial charge is 0.353 e. The van der Waals surface area contributed by atoms with E-state index in [0.717, 1.165) is 51.8 Å². The van der Waals surface area contributed by atoms with Crippen LogP contribution >= 0.6 is 0 Å². The first-order chi connectivity index (χ1) is 14.2. The highest BCUT2D eigenvalue weighted by Crippen LogP contribution is 2.34. The van der Waals surface area contributed by atoms with Crippen molar-refractivity contribution in [2.24, 2.45) is 5.92 Å². The lowest BCUT2D eigenvalue weighted by atomic mass is 9.90. The number of nitrogens with one attached hydrogen (secondary N) is 1. The maximum atomic E-state index is 11.8. The highest BCUT2D eigenvalue weighted by molar-refractivity contribution is 5.70. The summed E-state index contributed by atoms with van der Waals surface area (Å²) >= 11 is 0. The first-order valence-electron chi connectivity index (χ1n) is 10.3. The van der Waals surface area contributed by atoms with E-state index in [9.17, 15) is 10.1 Å². The van der Waals surface area contributed by atoms with Gasteiger partial charge in [-0.1, -0.05) is 30.3 Å². The molecular formula is C21H27N5O3. The molecule has 154 valence electrons. The number of hydrogen-bond donors (Lipinski definition) is 1. The Bertz CT molecular complexity index is 818. The highest BCUT2D eigenvalue weighted by Gasteiger charge is 2.30. The lowest BCUT2D eigenvalue weighted by Crippen LogP contribution is -2.35. The molecule has 2 aliphatic heterocycles. The Labute approximate surface area is 170 Å². The molecule has 0 spiro atoms. The third-order valence-corrected chi connectivity index (χ3v) is 5.79. The SMILES string of the molecule is O=[N+]([O-])c1c(NCC2CCCO2)ncnc1N1CCC(Cc2ccccc2)CC1. The van der Waals surface area contributed by atoms with Gasteiger partial charge in [0.05, 0.1) is 11.0 Å². The molecule has 0 bridgehead atoms. The summed E-state index contributed by atoms with van der Waals surface area (Å²) in [6.07, 6.45) is 6.53. The third-order valence-electron chi connectivity index (χ3n) is 5.79. The standard InChI is InChI=1S/C21H27N5O3/c27-26(28)19-20(22-14-18-7-4-12-29-18)23-15-24-21(19)25-10-8-17(9-11-25)13-16-5-2-1-3-6-16/h1-3,5-6,15,17-18H,4,7-14H2,(H,22,23,24). The van der Waals surface area contributed by atoms with Crippen molar-refractivity contribution < 1.29 is 9.66 Å². The topological polar surface area (TPSA) is 93.4 Å². The van der Waals surface area contributed by atoms with Crippen molar-refractivity contribution >= 4 is 17.3 Å². The molecular weight excluding hydrogens is 370 g/mol. The predicted molar refractivity (Wildman–Crippen MR) is 111 cm³/mol. The zero-order valence-electron chi connectivity index (χ0n) is 16.5. The van der Waals surface area contributed by atoms with Crippen molar-refractivity contribution in [3.63, 3.8) is 0 Å². The van der Waals surface area contributed by atoms with E-state index >= 15 is 0 Å². The van der Waals surface area contributed by atoms with Gasteiger partial charge in [0.1, 0.15) is 6.33 Å². The van der Waals surface area contributed by atoms with E-state index in [4.69, 9.17) is 4.74 Å². The summed E-state index contributed by atoms with van der Waals surface area (Å²) in [5, 5.41) is 14.9. The number of hydrogen-bond acceptors (Lipinski definition) is 7. The molecule has 1 aromatic carbocycles. The van der Waals surface area contributed by atoms with Crippen molar-refractivity contribution in [3.8, 4) is 0 Å². The monoisotopic (exact) mass is 397 g/mol. The van der Waals surface area contributed by atoms with E-state index in [-0.39, 0.29) is 22.5 Å². The fourth-order valence-electron chi connectivity index (χ4n) is 4.21. The minimum atomic E-state index is -0.372. The molecule has 8 heteroatoms. The Balaban J connectivity index is 1.42. The zero-order chi connectivity index (χ0) is 20.1. The molecule has 2 fully saturated rings. The van der Waals surface area contributed by atoms with Gasteiger partial charge in [0.2, 0.25) is 11.6 Å². The molecule has 0 radical (unpaired) electrons. The van der Waals surface area contributed by atoms with Gasteiger partial charge in [-0.2, -0.15) is 0 Å². The Morgan fingerprint density at radius 3 is 2.66 bits per heavy atom. The Kier molecular flexibility index (Phi) is 6.19. The quantitative estimate of drug-likeness (QED) is 0.565. The van der Waals surface area contributed by atoms with Crippen molar-refractivity contribution in [1.29, 1.82) is 0 Å². The Morgan fingerprint density at radius 1 is 1.17 bits per heavy atom. The molecule has 4 rings (SSSR count). The molecule has 8 nitrogen and oxygen atoms in total. The van der Waals surface area contributed by atoms with E-state index in [1.165, 1.54) is 11.9 Å². The number of nitro groups is 1. The van der Waals surface area contributed by atoms with Crippen LogP contribution in [0.3, 0.4) is 0 Å². The molecule has 1 aromatic heterocycles. The lowest BCUT2D eigenvalue weighted by molar-refractivity contribution is -0.383. The van der Waals surface area contributed by atoms with Crippen LogP contribution in [-0.4, -0.2) is 47.2 Å². The summed E-state index contributed by atoms with van der Waals surface area (Å²) in [5.41, 5.74) is 1.31. The molecule has 2 aliphatic rings. The molecule has 3 heterocycles. The molecule has 2 aromatic rings. The summed E-state index contributed by atoms with van der Waals surface area (Å²) in [6.45, 7) is 2.80. The summed E-state index contributed by atoms with van der Waals surface area (Å²) in [5.74, 6) is 1.28. The van der Waals surface area contributed by atoms with E-state index in [1.807, 2.05) is 11.0 Å². The number of ether oxygens (including phenoxy) is 1. The molecule has 1 unspecified atom stereocenters. The van der Waals surface area contributed by atoms with Crippen LogP contribution in [0.25, 0.3) is 0 Å². The minimum Gasteiger partial charge on any atom is -0.376 e. The van der Waals surface area contributed by atoms with E-state index in [0.29, 0.717) is 18.3 Å². The number of benzene rings is 1. The van der Waals surface area contributed by atoms with Gasteiger partial charge in [-0.15, -0.1) is 0 Å². The van der Waals surface area contributed by atoms with Gasteiger partial charge in [-0.25, -0.2) is 9.97 Å². The van der Waals surface area contributed by atoms with E-state index in [1.54, 1.807) is 0 Å². The molecule has 29 heavy (non-hydrogen) atoms. The molecule has 0 amide bonds. The molecule has 0 saturated carbocycles. The molecule has 1 N–H and O–H groups in total. The van der Waals surface area contributed by atoms with Crippen LogP contribution in [-0.2, 0) is 11.2 Å². The molecule has 2 saturated heterocycles. The van der Waals surface area contributed by atoms with Crippen LogP contribution in [0.1, 0.15) is 31.2 Å². The second-order valence-corrected chi connectivity index (χ2v) is 7.79. The lowest BCUT2D eigenvalue weighted by Gasteiger charge is -2.32. The summed E-state index contributed by atoms with van der Waals surface area (Å²) in [7, 11) is 0. The van der Waals surface area contributed by atoms with Gasteiger partial charge in [-0.3, -0.25) is 10.1 Å². The van der Waals surface area contributed by atoms with Gasteiger partial charge in [0, 0.05) is 26.2 Å². The van der Waals surface area contributed by atoms with E-state index in [2.05, 4.69) is 39.6 Å². The average molecular weight is 397 g/mol. The van der Waals surface area contributed by atoms with Gasteiger partial charge in [0.15, 0.2) is 0 Å². The predicted octanol–water partition coefficient (Wildman–Crippen LogP) is 3.43. The molecule has 0 aliphatic carbocycles. The number of aromatic nitrogens is 2. The second-order valence-electron chi connectivity index (χ2n) is 7.79. The van der Waals surface area contributed by atoms with Crippen LogP contribution in [0.2, 0.25) is 0 Å². The number of rotatable bonds is 7. The molecule has 1 atom stereocenters. The fourth-order valence-corrected chi connectivity index (χ4v) is 4.21. The van der Waals surface area contributed by atoms with Crippen molar-refractivity contribution in [3.05, 3.63) is 52.3 Å². The third kappa shape index (κ3) is 4.82. The van der Waals surface area contributed by atoms with E-state index < -0.39 is 0 Å². The number of piperidine rings is 1. The maximum Gasteiger partial charge on any atom is 0.353 e. The van der Waals surface area contributed by atoms with Gasteiger partial charge >= 0.3 is 5.69 Å². The van der Waals surface area contributed by atoms with Gasteiger partial charge < -0.3 is 15.0 Å². The number of anilines is 2. The first kappa shape index (κ1) is 19.6. The van der Waals surface area contributed by atoms with Crippen molar-refractivity contribution in [1.82, 2.24) is 9.97 Å². The van der Waals surface area contributed by atoms with Crippen LogP contribution in [0.5, 0.6) is 0 Å². The minimum absolute atomic E-state index is 0.0352. The Morgan fingerprint density at radius 2 is 1.97 bits per heavy atom. The summed E-state index contributed by atoms with van der Waals surface area (Å²) < 4.78 is 5.60. The van der Waals surface area contributed by atoms with Gasteiger partial charge in [-0.05, 0) is 43.6 Å². The zero-order valence-corrected chi connectivity index (χ0v) is 16.5. The number of nitrogens with zero attached hydrogens (tertiary/aromatic N) is 4. The van der Waals surface area contributed by atoms with Crippen molar-refractivity contribution in [2.75, 3.05) is 36.5 Å². The van der Waals surface area contributed by atoms with Crippen LogP contribution in [0.15, 0.2) is 36.7 Å². The second kappa shape index (κ2) is 9.17. The van der Waals surface area contributed by atoms with Crippen LogP contribution in [0.4, 0.5) is 17.3 Å². The van der Waals surface area contributed by atoms with Crippen LogP contribution in [0, 0.1) is 16.0 Å². The van der Waals surface area contributed by atoms with Crippen molar-refractivity contribution in [2.45, 2.75) is 38.2 Å². The Hall–Kier alpha value is -2.74. The van der Waals surface area contributed by atoms with Crippen LogP contribution < -0.4 is 10.2 Å². The maximum absolute atomic E-state index is 11.8. The first-order valence-corrected chi connectivity index (χ1v) is 10.3. The summed E-state index contributed by atoms with van der Waals surface area (Å²) in [6, 6.07) is 10.5. The highest BCUT2D eigenvalue weighted by atomic mass is 16.6. The normalized spacial score (nSPS) is 20.0. The summed E-state index contributed by atoms with van der Waals surface area (Å²) in [4.78, 5) is 21.9. The largest absolute Gasteiger partial charge is 0.376 e. The fraction of sp³-hybridized carbons (Fsp3) is 0.524. The average Bonchev–Trinajstić information content (AvgIpc) is 3.27. The van der Waals surface area contributed by atoms with Gasteiger partial charge in [0.25, 0.3) is 0 Å².